The molecule has 0 aliphatic heterocycles. The second kappa shape index (κ2) is 6.13. The Labute approximate surface area is 117 Å². The van der Waals surface area contributed by atoms with Gasteiger partial charge in [-0.15, -0.1) is 0 Å². The van der Waals surface area contributed by atoms with Crippen LogP contribution in [-0.4, -0.2) is 11.1 Å². The number of hydrogen-bond acceptors (Lipinski definition) is 2. The first kappa shape index (κ1) is 14.6. The van der Waals surface area contributed by atoms with Crippen molar-refractivity contribution in [2.45, 2.75) is 0 Å². The molecule has 6 heteroatoms. The van der Waals surface area contributed by atoms with Gasteiger partial charge in [-0.1, -0.05) is 6.07 Å². The number of carbonyl (C=O) groups is 1. The monoisotopic (exact) mass is 294 g/mol. The van der Waals surface area contributed by atoms with E-state index in [9.17, 15) is 18.0 Å². The number of rotatable bonds is 4. The predicted molar refractivity (Wildman–Crippen MR) is 69.5 cm³/mol. The molecular formula is C15H9F3O3. The van der Waals surface area contributed by atoms with E-state index in [1.165, 1.54) is 18.2 Å². The third-order valence-electron chi connectivity index (χ3n) is 2.46. The molecule has 2 rings (SSSR count). The highest BCUT2D eigenvalue weighted by Gasteiger charge is 2.10. The summed E-state index contributed by atoms with van der Waals surface area (Å²) >= 11 is 0. The quantitative estimate of drug-likeness (QED) is 0.867. The molecule has 0 fully saturated rings. The minimum absolute atomic E-state index is 0.0791. The van der Waals surface area contributed by atoms with Gasteiger partial charge in [0.1, 0.15) is 11.6 Å². The third kappa shape index (κ3) is 3.85. The maximum absolute atomic E-state index is 13.5. The lowest BCUT2D eigenvalue weighted by atomic mass is 10.2. The van der Waals surface area contributed by atoms with Gasteiger partial charge in [0.05, 0.1) is 0 Å². The number of halogens is 3. The lowest BCUT2D eigenvalue weighted by molar-refractivity contribution is -0.131. The van der Waals surface area contributed by atoms with E-state index in [1.807, 2.05) is 0 Å². The topological polar surface area (TPSA) is 46.5 Å². The van der Waals surface area contributed by atoms with Crippen LogP contribution in [-0.2, 0) is 4.79 Å². The molecule has 0 amide bonds. The first-order chi connectivity index (χ1) is 9.95. The Hall–Kier alpha value is -2.76. The zero-order valence-corrected chi connectivity index (χ0v) is 10.5. The summed E-state index contributed by atoms with van der Waals surface area (Å²) in [5, 5.41) is 8.51. The summed E-state index contributed by atoms with van der Waals surface area (Å²) in [7, 11) is 0. The molecule has 2 aromatic carbocycles. The maximum Gasteiger partial charge on any atom is 0.328 e. The molecule has 21 heavy (non-hydrogen) atoms. The summed E-state index contributed by atoms with van der Waals surface area (Å²) in [5.74, 6) is -4.65. The van der Waals surface area contributed by atoms with E-state index in [0.29, 0.717) is 0 Å². The van der Waals surface area contributed by atoms with Crippen LogP contribution in [0.2, 0.25) is 0 Å². The Kier molecular flexibility index (Phi) is 4.27. The summed E-state index contributed by atoms with van der Waals surface area (Å²) < 4.78 is 45.0. The Bertz CT molecular complexity index is 711. The van der Waals surface area contributed by atoms with Gasteiger partial charge in [-0.2, -0.15) is 4.39 Å². The molecule has 0 saturated heterocycles. The van der Waals surface area contributed by atoms with Crippen molar-refractivity contribution in [2.24, 2.45) is 0 Å². The van der Waals surface area contributed by atoms with E-state index in [1.54, 1.807) is 0 Å². The Balaban J connectivity index is 2.32. The van der Waals surface area contributed by atoms with E-state index >= 15 is 0 Å². The fourth-order valence-corrected chi connectivity index (χ4v) is 1.60. The van der Waals surface area contributed by atoms with E-state index in [4.69, 9.17) is 9.84 Å². The molecule has 0 unspecified atom stereocenters. The zero-order chi connectivity index (χ0) is 15.4. The minimum Gasteiger partial charge on any atom is -0.478 e. The van der Waals surface area contributed by atoms with Crippen molar-refractivity contribution in [3.8, 4) is 11.5 Å². The van der Waals surface area contributed by atoms with Crippen LogP contribution in [0.5, 0.6) is 11.5 Å². The molecule has 1 N–H and O–H groups in total. The van der Waals surface area contributed by atoms with Crippen LogP contribution in [0.25, 0.3) is 6.08 Å². The van der Waals surface area contributed by atoms with Gasteiger partial charge in [0.2, 0.25) is 5.82 Å². The SMILES string of the molecule is O=C(O)/C=C/c1cc(F)cc(Oc2cccc(F)c2F)c1. The molecule has 0 saturated carbocycles. The molecule has 0 heterocycles. The van der Waals surface area contributed by atoms with Gasteiger partial charge in [0.25, 0.3) is 0 Å². The Morgan fingerprint density at radius 3 is 2.62 bits per heavy atom. The molecule has 0 radical (unpaired) electrons. The van der Waals surface area contributed by atoms with Crippen molar-refractivity contribution in [3.63, 3.8) is 0 Å². The van der Waals surface area contributed by atoms with Crippen LogP contribution in [0, 0.1) is 17.5 Å². The standard InChI is InChI=1S/C15H9F3O3/c16-10-6-9(4-5-14(19)20)7-11(8-10)21-13-3-1-2-12(17)15(13)18/h1-8H,(H,19,20)/b5-4+. The van der Waals surface area contributed by atoms with Crippen LogP contribution < -0.4 is 4.74 Å². The van der Waals surface area contributed by atoms with Gasteiger partial charge in [-0.05, 0) is 35.9 Å². The lowest BCUT2D eigenvalue weighted by Crippen LogP contribution is -1.93. The molecule has 0 atom stereocenters. The van der Waals surface area contributed by atoms with Gasteiger partial charge >= 0.3 is 5.97 Å². The van der Waals surface area contributed by atoms with Crippen molar-refractivity contribution >= 4 is 12.0 Å². The highest BCUT2D eigenvalue weighted by Crippen LogP contribution is 2.27. The normalized spacial score (nSPS) is 10.8. The van der Waals surface area contributed by atoms with E-state index in [2.05, 4.69) is 0 Å². The van der Waals surface area contributed by atoms with E-state index < -0.39 is 29.2 Å². The smallest absolute Gasteiger partial charge is 0.328 e. The van der Waals surface area contributed by atoms with Crippen molar-refractivity contribution in [1.29, 1.82) is 0 Å². The highest BCUT2D eigenvalue weighted by molar-refractivity contribution is 5.85. The van der Waals surface area contributed by atoms with Crippen LogP contribution in [0.3, 0.4) is 0 Å². The maximum atomic E-state index is 13.5. The van der Waals surface area contributed by atoms with Gasteiger partial charge in [0.15, 0.2) is 11.6 Å². The van der Waals surface area contributed by atoms with Crippen LogP contribution in [0.4, 0.5) is 13.2 Å². The fourth-order valence-electron chi connectivity index (χ4n) is 1.60. The second-order valence-electron chi connectivity index (χ2n) is 4.05. The van der Waals surface area contributed by atoms with Crippen LogP contribution >= 0.6 is 0 Å². The fraction of sp³-hybridized carbons (Fsp3) is 0. The van der Waals surface area contributed by atoms with Crippen molar-refractivity contribution < 1.29 is 27.8 Å². The Morgan fingerprint density at radius 2 is 1.90 bits per heavy atom. The van der Waals surface area contributed by atoms with Crippen molar-refractivity contribution in [1.82, 2.24) is 0 Å². The predicted octanol–water partition coefficient (Wildman–Crippen LogP) is 3.99. The van der Waals surface area contributed by atoms with Crippen molar-refractivity contribution in [3.05, 3.63) is 65.5 Å². The summed E-state index contributed by atoms with van der Waals surface area (Å²) in [6.45, 7) is 0. The van der Waals surface area contributed by atoms with Gasteiger partial charge < -0.3 is 9.84 Å². The summed E-state index contributed by atoms with van der Waals surface area (Å²) in [6.07, 6.45) is 1.97. The molecule has 2 aromatic rings. The molecule has 0 spiro atoms. The van der Waals surface area contributed by atoms with Gasteiger partial charge in [-0.3, -0.25) is 0 Å². The number of ether oxygens (including phenoxy) is 1. The largest absolute Gasteiger partial charge is 0.478 e. The average molecular weight is 294 g/mol. The first-order valence-corrected chi connectivity index (χ1v) is 5.79. The molecule has 0 aliphatic carbocycles. The first-order valence-electron chi connectivity index (χ1n) is 5.79. The number of aliphatic carboxylic acids is 1. The Morgan fingerprint density at radius 1 is 1.14 bits per heavy atom. The lowest BCUT2D eigenvalue weighted by Gasteiger charge is -2.08. The second-order valence-corrected chi connectivity index (χ2v) is 4.05. The highest BCUT2D eigenvalue weighted by atomic mass is 19.2. The number of carboxylic acids is 1. The zero-order valence-electron chi connectivity index (χ0n) is 10.5. The summed E-state index contributed by atoms with van der Waals surface area (Å²) in [4.78, 5) is 10.4. The summed E-state index contributed by atoms with van der Waals surface area (Å²) in [6, 6.07) is 6.71. The van der Waals surface area contributed by atoms with Crippen molar-refractivity contribution in [2.75, 3.05) is 0 Å². The van der Waals surface area contributed by atoms with E-state index in [0.717, 1.165) is 30.4 Å². The number of benzene rings is 2. The third-order valence-corrected chi connectivity index (χ3v) is 2.46. The molecule has 0 aromatic heterocycles. The van der Waals surface area contributed by atoms with Gasteiger partial charge in [-0.25, -0.2) is 13.6 Å². The average Bonchev–Trinajstić information content (AvgIpc) is 2.41. The molecule has 108 valence electrons. The molecule has 0 bridgehead atoms. The number of carboxylic acid groups (broad SMARTS) is 1. The van der Waals surface area contributed by atoms with E-state index in [-0.39, 0.29) is 11.3 Å². The molecule has 3 nitrogen and oxygen atoms in total. The summed E-state index contributed by atoms with van der Waals surface area (Å²) in [5.41, 5.74) is 0.212. The van der Waals surface area contributed by atoms with Crippen LogP contribution in [0.15, 0.2) is 42.5 Å². The van der Waals surface area contributed by atoms with Crippen LogP contribution in [0.1, 0.15) is 5.56 Å². The number of hydrogen-bond donors (Lipinski definition) is 1. The molecular weight excluding hydrogens is 285 g/mol. The minimum atomic E-state index is -1.20. The molecule has 0 aliphatic rings. The van der Waals surface area contributed by atoms with Gasteiger partial charge in [0, 0.05) is 12.1 Å².